The molecule has 2 fully saturated rings. The van der Waals surface area contributed by atoms with Crippen LogP contribution in [0.2, 0.25) is 0 Å². The van der Waals surface area contributed by atoms with Crippen LogP contribution in [0.15, 0.2) is 24.3 Å². The first-order valence-corrected chi connectivity index (χ1v) is 9.65. The zero-order chi connectivity index (χ0) is 17.2. The number of hydrogen-bond donors (Lipinski definition) is 1. The van der Waals surface area contributed by atoms with E-state index < -0.39 is 0 Å². The van der Waals surface area contributed by atoms with E-state index in [0.29, 0.717) is 12.1 Å². The number of carbonyl (C=O) groups excluding carboxylic acids is 1. The third kappa shape index (κ3) is 3.73. The summed E-state index contributed by atoms with van der Waals surface area (Å²) in [6.45, 7) is 7.62. The molecule has 0 aliphatic carbocycles. The molecule has 3 heterocycles. The number of piperidine rings is 1. The van der Waals surface area contributed by atoms with Gasteiger partial charge in [0.1, 0.15) is 0 Å². The van der Waals surface area contributed by atoms with Gasteiger partial charge >= 0.3 is 0 Å². The molecule has 2 saturated heterocycles. The predicted molar refractivity (Wildman–Crippen MR) is 97.4 cm³/mol. The first kappa shape index (κ1) is 17.0. The van der Waals surface area contributed by atoms with E-state index in [1.54, 1.807) is 0 Å². The number of hydrogen-bond acceptors (Lipinski definition) is 4. The number of nitrogens with zero attached hydrogens (tertiary/aromatic N) is 2. The van der Waals surface area contributed by atoms with Crippen molar-refractivity contribution in [2.45, 2.75) is 50.9 Å². The van der Waals surface area contributed by atoms with Crippen molar-refractivity contribution in [3.05, 3.63) is 35.4 Å². The lowest BCUT2D eigenvalue weighted by Crippen LogP contribution is -2.55. The Hall–Kier alpha value is -1.43. The van der Waals surface area contributed by atoms with Crippen LogP contribution in [0.25, 0.3) is 0 Å². The second-order valence-corrected chi connectivity index (χ2v) is 7.64. The van der Waals surface area contributed by atoms with E-state index in [9.17, 15) is 4.79 Å². The Kier molecular flexibility index (Phi) is 5.06. The summed E-state index contributed by atoms with van der Waals surface area (Å²) in [5.74, 6) is 0.281. The molecule has 3 aliphatic rings. The largest absolute Gasteiger partial charge is 0.376 e. The second-order valence-electron chi connectivity index (χ2n) is 7.64. The number of amides is 1. The number of nitrogens with one attached hydrogen (secondary N) is 1. The SMILES string of the molecule is C[C@H]1CN(C2CCN(C(=O)[C@@H]3Cc4ccccc4CN3)CC2)CCO1. The van der Waals surface area contributed by atoms with Gasteiger partial charge in [-0.1, -0.05) is 24.3 Å². The van der Waals surface area contributed by atoms with Crippen molar-refractivity contribution in [3.8, 4) is 0 Å². The van der Waals surface area contributed by atoms with Gasteiger partial charge < -0.3 is 15.0 Å². The van der Waals surface area contributed by atoms with Crippen molar-refractivity contribution in [2.75, 3.05) is 32.8 Å². The van der Waals surface area contributed by atoms with Crippen LogP contribution in [-0.4, -0.2) is 66.7 Å². The molecule has 1 aromatic carbocycles. The number of rotatable bonds is 2. The lowest BCUT2D eigenvalue weighted by molar-refractivity contribution is -0.135. The van der Waals surface area contributed by atoms with Gasteiger partial charge in [0, 0.05) is 38.8 Å². The Morgan fingerprint density at radius 1 is 1.16 bits per heavy atom. The molecule has 0 unspecified atom stereocenters. The first-order valence-electron chi connectivity index (χ1n) is 9.65. The van der Waals surface area contributed by atoms with Gasteiger partial charge in [-0.05, 0) is 37.3 Å². The molecule has 1 aromatic rings. The number of ether oxygens (including phenoxy) is 1. The summed E-state index contributed by atoms with van der Waals surface area (Å²) in [6.07, 6.45) is 3.32. The lowest BCUT2D eigenvalue weighted by Gasteiger charge is -2.42. The second kappa shape index (κ2) is 7.44. The van der Waals surface area contributed by atoms with E-state index in [4.69, 9.17) is 4.74 Å². The van der Waals surface area contributed by atoms with E-state index in [-0.39, 0.29) is 11.9 Å². The molecule has 0 bridgehead atoms. The third-order valence-corrected chi connectivity index (χ3v) is 5.94. The van der Waals surface area contributed by atoms with Gasteiger partial charge in [-0.25, -0.2) is 0 Å². The van der Waals surface area contributed by atoms with Gasteiger partial charge in [0.25, 0.3) is 0 Å². The minimum Gasteiger partial charge on any atom is -0.376 e. The summed E-state index contributed by atoms with van der Waals surface area (Å²) in [6, 6.07) is 8.99. The number of benzene rings is 1. The molecule has 25 heavy (non-hydrogen) atoms. The van der Waals surface area contributed by atoms with E-state index in [0.717, 1.165) is 58.6 Å². The Bertz CT molecular complexity index is 613. The maximum atomic E-state index is 12.9. The highest BCUT2D eigenvalue weighted by Crippen LogP contribution is 2.22. The lowest BCUT2D eigenvalue weighted by atomic mass is 9.94. The average molecular weight is 343 g/mol. The fraction of sp³-hybridized carbons (Fsp3) is 0.650. The molecule has 136 valence electrons. The van der Waals surface area contributed by atoms with Crippen LogP contribution >= 0.6 is 0 Å². The van der Waals surface area contributed by atoms with Crippen molar-refractivity contribution in [1.82, 2.24) is 15.1 Å². The van der Waals surface area contributed by atoms with Crippen LogP contribution in [0, 0.1) is 0 Å². The quantitative estimate of drug-likeness (QED) is 0.882. The molecule has 0 radical (unpaired) electrons. The molecular formula is C20H29N3O2. The highest BCUT2D eigenvalue weighted by atomic mass is 16.5. The summed E-state index contributed by atoms with van der Waals surface area (Å²) in [5.41, 5.74) is 2.64. The summed E-state index contributed by atoms with van der Waals surface area (Å²) in [5, 5.41) is 3.43. The summed E-state index contributed by atoms with van der Waals surface area (Å²) >= 11 is 0. The minimum atomic E-state index is -0.0603. The van der Waals surface area contributed by atoms with E-state index in [1.165, 1.54) is 11.1 Å². The third-order valence-electron chi connectivity index (χ3n) is 5.94. The van der Waals surface area contributed by atoms with Crippen LogP contribution in [0.3, 0.4) is 0 Å². The topological polar surface area (TPSA) is 44.8 Å². The first-order chi connectivity index (χ1) is 12.2. The molecule has 5 heteroatoms. The van der Waals surface area contributed by atoms with Crippen molar-refractivity contribution in [3.63, 3.8) is 0 Å². The molecule has 1 amide bonds. The number of carbonyl (C=O) groups is 1. The fourth-order valence-corrected chi connectivity index (χ4v) is 4.48. The normalized spacial score (nSPS) is 28.6. The molecule has 0 saturated carbocycles. The number of morpholine rings is 1. The van der Waals surface area contributed by atoms with Gasteiger partial charge in [-0.2, -0.15) is 0 Å². The van der Waals surface area contributed by atoms with Gasteiger partial charge in [-0.3, -0.25) is 9.69 Å². The van der Waals surface area contributed by atoms with Gasteiger partial charge in [0.2, 0.25) is 5.91 Å². The van der Waals surface area contributed by atoms with Gasteiger partial charge in [-0.15, -0.1) is 0 Å². The Balaban J connectivity index is 1.31. The summed E-state index contributed by atoms with van der Waals surface area (Å²) in [4.78, 5) is 17.6. The maximum absolute atomic E-state index is 12.9. The fourth-order valence-electron chi connectivity index (χ4n) is 4.48. The molecule has 4 rings (SSSR count). The van der Waals surface area contributed by atoms with Crippen LogP contribution in [0.1, 0.15) is 30.9 Å². The smallest absolute Gasteiger partial charge is 0.240 e. The molecule has 2 atom stereocenters. The Morgan fingerprint density at radius 2 is 1.92 bits per heavy atom. The van der Waals surface area contributed by atoms with Crippen molar-refractivity contribution < 1.29 is 9.53 Å². The highest BCUT2D eigenvalue weighted by molar-refractivity contribution is 5.82. The Morgan fingerprint density at radius 3 is 2.68 bits per heavy atom. The molecule has 0 spiro atoms. The van der Waals surface area contributed by atoms with Gasteiger partial charge in [0.15, 0.2) is 0 Å². The van der Waals surface area contributed by atoms with Crippen molar-refractivity contribution >= 4 is 5.91 Å². The summed E-state index contributed by atoms with van der Waals surface area (Å²) in [7, 11) is 0. The van der Waals surface area contributed by atoms with Crippen molar-refractivity contribution in [1.29, 1.82) is 0 Å². The van der Waals surface area contributed by atoms with Gasteiger partial charge in [0.05, 0.1) is 18.8 Å². The zero-order valence-corrected chi connectivity index (χ0v) is 15.1. The number of fused-ring (bicyclic) bond motifs is 1. The average Bonchev–Trinajstić information content (AvgIpc) is 2.67. The van der Waals surface area contributed by atoms with Crippen LogP contribution in [-0.2, 0) is 22.5 Å². The van der Waals surface area contributed by atoms with E-state index >= 15 is 0 Å². The van der Waals surface area contributed by atoms with Crippen molar-refractivity contribution in [2.24, 2.45) is 0 Å². The summed E-state index contributed by atoms with van der Waals surface area (Å²) < 4.78 is 5.65. The molecule has 1 N–H and O–H groups in total. The maximum Gasteiger partial charge on any atom is 0.240 e. The predicted octanol–water partition coefficient (Wildman–Crippen LogP) is 1.41. The standard InChI is InChI=1S/C20H29N3O2/c1-15-14-23(10-11-25-15)18-6-8-22(9-7-18)20(24)19-12-16-4-2-3-5-17(16)13-21-19/h2-5,15,18-19,21H,6-14H2,1H3/t15-,19-/m0/s1. The molecular weight excluding hydrogens is 314 g/mol. The zero-order valence-electron chi connectivity index (χ0n) is 15.1. The molecule has 0 aromatic heterocycles. The van der Waals surface area contributed by atoms with Crippen LogP contribution < -0.4 is 5.32 Å². The van der Waals surface area contributed by atoms with E-state index in [2.05, 4.69) is 46.3 Å². The molecule has 3 aliphatic heterocycles. The monoisotopic (exact) mass is 343 g/mol. The van der Waals surface area contributed by atoms with Crippen LogP contribution in [0.5, 0.6) is 0 Å². The molecule has 5 nitrogen and oxygen atoms in total. The van der Waals surface area contributed by atoms with E-state index in [1.807, 2.05) is 0 Å². The highest BCUT2D eigenvalue weighted by Gasteiger charge is 2.33. The Labute approximate surface area is 150 Å². The van der Waals surface area contributed by atoms with Crippen LogP contribution in [0.4, 0.5) is 0 Å². The minimum absolute atomic E-state index is 0.0603. The number of likely N-dealkylation sites (tertiary alicyclic amines) is 1.